The average molecular weight is 242 g/mol. The van der Waals surface area contributed by atoms with E-state index in [0.29, 0.717) is 12.4 Å². The molecule has 1 aromatic heterocycles. The van der Waals surface area contributed by atoms with E-state index >= 15 is 0 Å². The first-order chi connectivity index (χ1) is 7.22. The predicted molar refractivity (Wildman–Crippen MR) is 63.7 cm³/mol. The van der Waals surface area contributed by atoms with E-state index in [9.17, 15) is 4.39 Å². The van der Waals surface area contributed by atoms with Crippen molar-refractivity contribution in [1.29, 1.82) is 0 Å². The van der Waals surface area contributed by atoms with Gasteiger partial charge in [-0.2, -0.15) is 4.39 Å². The summed E-state index contributed by atoms with van der Waals surface area (Å²) in [5.41, 5.74) is 7.43. The lowest BCUT2D eigenvalue weighted by Gasteiger charge is -2.03. The van der Waals surface area contributed by atoms with Gasteiger partial charge in [0.1, 0.15) is 5.82 Å². The van der Waals surface area contributed by atoms with Crippen LogP contribution in [0.3, 0.4) is 0 Å². The van der Waals surface area contributed by atoms with Crippen LogP contribution in [0.4, 0.5) is 4.39 Å². The third kappa shape index (κ3) is 2.23. The Hall–Kier alpha value is -1.39. The summed E-state index contributed by atoms with van der Waals surface area (Å²) in [5.74, 6) is 0.281. The van der Waals surface area contributed by atoms with E-state index < -0.39 is 0 Å². The second-order valence-corrected chi connectivity index (χ2v) is 3.36. The monoisotopic (exact) mass is 241 g/mol. The molecule has 2 aromatic rings. The van der Waals surface area contributed by atoms with Crippen LogP contribution in [0.5, 0.6) is 0 Å². The molecule has 0 radical (unpaired) electrons. The standard InChI is InChI=1S/C11H12FN3.ClH/c1-15-10(12)7-14-11(15)9-4-2-8(6-13)3-5-9;/h2-5,7H,6,13H2,1H3;1H. The second kappa shape index (κ2) is 5.09. The maximum atomic E-state index is 13.1. The number of nitrogens with zero attached hydrogens (tertiary/aromatic N) is 2. The normalized spacial score (nSPS) is 9.94. The minimum Gasteiger partial charge on any atom is -0.326 e. The summed E-state index contributed by atoms with van der Waals surface area (Å²) in [6, 6.07) is 7.62. The number of imidazole rings is 1. The Kier molecular flexibility index (Phi) is 4.04. The molecule has 0 bridgehead atoms. The van der Waals surface area contributed by atoms with Crippen molar-refractivity contribution in [2.24, 2.45) is 12.8 Å². The Bertz CT molecular complexity index is 465. The molecule has 3 nitrogen and oxygen atoms in total. The van der Waals surface area contributed by atoms with E-state index in [2.05, 4.69) is 4.98 Å². The van der Waals surface area contributed by atoms with Gasteiger partial charge in [0, 0.05) is 19.2 Å². The molecule has 0 aliphatic rings. The molecule has 1 heterocycles. The van der Waals surface area contributed by atoms with Gasteiger partial charge >= 0.3 is 0 Å². The molecule has 0 fully saturated rings. The molecule has 2 N–H and O–H groups in total. The third-order valence-corrected chi connectivity index (χ3v) is 2.38. The molecule has 0 aliphatic heterocycles. The van der Waals surface area contributed by atoms with E-state index in [1.165, 1.54) is 10.8 Å². The van der Waals surface area contributed by atoms with Crippen molar-refractivity contribution in [3.63, 3.8) is 0 Å². The van der Waals surface area contributed by atoms with Crippen LogP contribution >= 0.6 is 12.4 Å². The van der Waals surface area contributed by atoms with Crippen LogP contribution in [0, 0.1) is 5.95 Å². The average Bonchev–Trinajstić information content (AvgIpc) is 2.60. The fourth-order valence-corrected chi connectivity index (χ4v) is 1.45. The van der Waals surface area contributed by atoms with Crippen LogP contribution in [0.1, 0.15) is 5.56 Å². The summed E-state index contributed by atoms with van der Waals surface area (Å²) >= 11 is 0. The van der Waals surface area contributed by atoms with Gasteiger partial charge in [-0.25, -0.2) is 4.98 Å². The Morgan fingerprint density at radius 2 is 1.94 bits per heavy atom. The highest BCUT2D eigenvalue weighted by molar-refractivity contribution is 5.85. The minimum atomic E-state index is -0.340. The summed E-state index contributed by atoms with van der Waals surface area (Å²) in [6.07, 6.45) is 1.21. The van der Waals surface area contributed by atoms with Gasteiger partial charge in [-0.1, -0.05) is 24.3 Å². The van der Waals surface area contributed by atoms with Gasteiger partial charge in [-0.05, 0) is 5.56 Å². The van der Waals surface area contributed by atoms with Crippen molar-refractivity contribution in [1.82, 2.24) is 9.55 Å². The van der Waals surface area contributed by atoms with Crippen LogP contribution in [0.2, 0.25) is 0 Å². The highest BCUT2D eigenvalue weighted by Crippen LogP contribution is 2.18. The van der Waals surface area contributed by atoms with Crippen molar-refractivity contribution < 1.29 is 4.39 Å². The van der Waals surface area contributed by atoms with E-state index in [1.54, 1.807) is 7.05 Å². The van der Waals surface area contributed by atoms with Crippen molar-refractivity contribution in [3.05, 3.63) is 42.0 Å². The molecule has 86 valence electrons. The molecule has 2 rings (SSSR count). The van der Waals surface area contributed by atoms with Crippen LogP contribution in [0.25, 0.3) is 11.4 Å². The maximum absolute atomic E-state index is 13.1. The van der Waals surface area contributed by atoms with E-state index in [0.717, 1.165) is 11.1 Å². The topological polar surface area (TPSA) is 43.8 Å². The Balaban J connectivity index is 0.00000128. The first-order valence-electron chi connectivity index (χ1n) is 4.69. The van der Waals surface area contributed by atoms with Gasteiger partial charge in [0.2, 0.25) is 5.95 Å². The molecular weight excluding hydrogens is 229 g/mol. The second-order valence-electron chi connectivity index (χ2n) is 3.36. The van der Waals surface area contributed by atoms with E-state index in [-0.39, 0.29) is 18.4 Å². The molecule has 0 saturated heterocycles. The Morgan fingerprint density at radius 1 is 1.31 bits per heavy atom. The van der Waals surface area contributed by atoms with Gasteiger partial charge in [0.25, 0.3) is 0 Å². The number of rotatable bonds is 2. The third-order valence-electron chi connectivity index (χ3n) is 2.38. The van der Waals surface area contributed by atoms with Gasteiger partial charge in [-0.3, -0.25) is 0 Å². The van der Waals surface area contributed by atoms with Gasteiger partial charge < -0.3 is 10.3 Å². The summed E-state index contributed by atoms with van der Waals surface area (Å²) in [7, 11) is 1.65. The summed E-state index contributed by atoms with van der Waals surface area (Å²) in [4.78, 5) is 4.00. The van der Waals surface area contributed by atoms with Crippen LogP contribution in [-0.2, 0) is 13.6 Å². The lowest BCUT2D eigenvalue weighted by Crippen LogP contribution is -1.97. The molecule has 0 amide bonds. The first-order valence-corrected chi connectivity index (χ1v) is 4.69. The van der Waals surface area contributed by atoms with Crippen LogP contribution in [0.15, 0.2) is 30.5 Å². The lowest BCUT2D eigenvalue weighted by molar-refractivity contribution is 0.537. The van der Waals surface area contributed by atoms with Crippen molar-refractivity contribution in [3.8, 4) is 11.4 Å². The van der Waals surface area contributed by atoms with Crippen molar-refractivity contribution in [2.75, 3.05) is 0 Å². The van der Waals surface area contributed by atoms with Gasteiger partial charge in [-0.15, -0.1) is 12.4 Å². The Labute approximate surface area is 99.5 Å². The highest BCUT2D eigenvalue weighted by Gasteiger charge is 2.07. The number of benzene rings is 1. The summed E-state index contributed by atoms with van der Waals surface area (Å²) < 4.78 is 14.5. The minimum absolute atomic E-state index is 0. The van der Waals surface area contributed by atoms with E-state index in [1.807, 2.05) is 24.3 Å². The number of hydrogen-bond donors (Lipinski definition) is 1. The SMILES string of the molecule is Cl.Cn1c(F)cnc1-c1ccc(CN)cc1. The molecule has 0 saturated carbocycles. The van der Waals surface area contributed by atoms with Crippen LogP contribution < -0.4 is 5.73 Å². The first kappa shape index (κ1) is 12.7. The van der Waals surface area contributed by atoms with Crippen molar-refractivity contribution in [2.45, 2.75) is 6.54 Å². The zero-order valence-electron chi connectivity index (χ0n) is 8.85. The maximum Gasteiger partial charge on any atom is 0.213 e. The quantitative estimate of drug-likeness (QED) is 0.875. The molecule has 1 aromatic carbocycles. The van der Waals surface area contributed by atoms with Gasteiger partial charge in [0.05, 0.1) is 6.20 Å². The zero-order chi connectivity index (χ0) is 10.8. The molecule has 16 heavy (non-hydrogen) atoms. The molecule has 0 aliphatic carbocycles. The lowest BCUT2D eigenvalue weighted by atomic mass is 10.1. The summed E-state index contributed by atoms with van der Waals surface area (Å²) in [5, 5.41) is 0. The predicted octanol–water partition coefficient (Wildman–Crippen LogP) is 2.11. The van der Waals surface area contributed by atoms with Crippen molar-refractivity contribution >= 4 is 12.4 Å². The number of nitrogens with two attached hydrogens (primary N) is 1. The van der Waals surface area contributed by atoms with Crippen LogP contribution in [-0.4, -0.2) is 9.55 Å². The molecule has 0 spiro atoms. The smallest absolute Gasteiger partial charge is 0.213 e. The van der Waals surface area contributed by atoms with Gasteiger partial charge in [0.15, 0.2) is 0 Å². The summed E-state index contributed by atoms with van der Waals surface area (Å²) in [6.45, 7) is 0.509. The Morgan fingerprint density at radius 3 is 2.38 bits per heavy atom. The zero-order valence-corrected chi connectivity index (χ0v) is 9.67. The molecular formula is C11H13ClFN3. The number of aromatic nitrogens is 2. The number of hydrogen-bond acceptors (Lipinski definition) is 2. The number of halogens is 2. The highest BCUT2D eigenvalue weighted by atomic mass is 35.5. The van der Waals surface area contributed by atoms with E-state index in [4.69, 9.17) is 5.73 Å². The largest absolute Gasteiger partial charge is 0.326 e. The fourth-order valence-electron chi connectivity index (χ4n) is 1.45. The molecule has 5 heteroatoms. The molecule has 0 atom stereocenters. The molecule has 0 unspecified atom stereocenters. The fraction of sp³-hybridized carbons (Fsp3) is 0.182.